The highest BCUT2D eigenvalue weighted by molar-refractivity contribution is 5.92. The fraction of sp³-hybridized carbons (Fsp3) is 0.565. The van der Waals surface area contributed by atoms with Gasteiger partial charge in [-0.15, -0.1) is 0 Å². The smallest absolute Gasteiger partial charge is 0.275 e. The number of morpholine rings is 1. The van der Waals surface area contributed by atoms with E-state index in [0.717, 1.165) is 25.1 Å². The topological polar surface area (TPSA) is 58.8 Å². The number of rotatable bonds is 4. The Hall–Kier alpha value is -2.18. The van der Waals surface area contributed by atoms with E-state index in [0.29, 0.717) is 37.9 Å². The van der Waals surface area contributed by atoms with Crippen molar-refractivity contribution < 1.29 is 13.9 Å². The predicted octanol–water partition coefficient (Wildman–Crippen LogP) is 3.50. The third-order valence-electron chi connectivity index (χ3n) is 6.69. The van der Waals surface area contributed by atoms with Gasteiger partial charge >= 0.3 is 0 Å². The minimum absolute atomic E-state index is 0.0899. The largest absolute Gasteiger partial charge is 0.444 e. The van der Waals surface area contributed by atoms with Crippen molar-refractivity contribution in [2.75, 3.05) is 46.4 Å². The van der Waals surface area contributed by atoms with E-state index in [2.05, 4.69) is 49.0 Å². The number of hydrogen-bond donors (Lipinski definition) is 0. The normalized spacial score (nSPS) is 20.0. The van der Waals surface area contributed by atoms with Crippen molar-refractivity contribution in [1.82, 2.24) is 14.8 Å². The van der Waals surface area contributed by atoms with E-state index in [-0.39, 0.29) is 11.3 Å². The molecule has 2 fully saturated rings. The lowest BCUT2D eigenvalue weighted by Crippen LogP contribution is -2.40. The van der Waals surface area contributed by atoms with Gasteiger partial charge in [0.05, 0.1) is 13.2 Å². The zero-order chi connectivity index (χ0) is 20.4. The number of nitrogens with zero attached hydrogens (tertiary/aromatic N) is 3. The fourth-order valence-electron chi connectivity index (χ4n) is 4.68. The fourth-order valence-corrected chi connectivity index (χ4v) is 4.68. The molecule has 0 atom stereocenters. The number of benzene rings is 1. The molecule has 0 N–H and O–H groups in total. The third kappa shape index (κ3) is 3.96. The second kappa shape index (κ2) is 8.28. The zero-order valence-corrected chi connectivity index (χ0v) is 17.7. The average molecular weight is 398 g/mol. The summed E-state index contributed by atoms with van der Waals surface area (Å²) < 4.78 is 11.0. The van der Waals surface area contributed by atoms with E-state index in [4.69, 9.17) is 9.15 Å². The number of ether oxygens (including phenoxy) is 1. The highest BCUT2D eigenvalue weighted by Gasteiger charge is 2.35. The highest BCUT2D eigenvalue weighted by Crippen LogP contribution is 2.40. The first-order valence-corrected chi connectivity index (χ1v) is 10.6. The molecule has 1 amide bonds. The molecule has 2 saturated heterocycles. The van der Waals surface area contributed by atoms with Crippen molar-refractivity contribution in [3.8, 4) is 11.5 Å². The number of piperidine rings is 1. The van der Waals surface area contributed by atoms with Gasteiger partial charge < -0.3 is 19.0 Å². The van der Waals surface area contributed by atoms with Crippen molar-refractivity contribution in [3.63, 3.8) is 0 Å². The van der Waals surface area contributed by atoms with Gasteiger partial charge in [0.15, 0.2) is 5.69 Å². The van der Waals surface area contributed by atoms with Crippen LogP contribution in [0.15, 0.2) is 28.9 Å². The van der Waals surface area contributed by atoms with Gasteiger partial charge in [0, 0.05) is 18.7 Å². The van der Waals surface area contributed by atoms with Crippen molar-refractivity contribution in [1.29, 1.82) is 0 Å². The molecule has 6 nitrogen and oxygen atoms in total. The van der Waals surface area contributed by atoms with Crippen LogP contribution in [0, 0.1) is 6.92 Å². The van der Waals surface area contributed by atoms with Crippen LogP contribution >= 0.6 is 0 Å². The minimum Gasteiger partial charge on any atom is -0.444 e. The van der Waals surface area contributed by atoms with Crippen LogP contribution in [-0.2, 0) is 10.2 Å². The van der Waals surface area contributed by atoms with Gasteiger partial charge in [-0.1, -0.05) is 13.0 Å². The molecule has 0 spiro atoms. The van der Waals surface area contributed by atoms with Crippen molar-refractivity contribution in [3.05, 3.63) is 41.3 Å². The monoisotopic (exact) mass is 397 g/mol. The Balaban J connectivity index is 1.55. The molecule has 4 rings (SSSR count). The number of carbonyl (C=O) groups excluding carboxylic acids is 1. The van der Waals surface area contributed by atoms with Crippen molar-refractivity contribution in [2.45, 2.75) is 38.5 Å². The lowest BCUT2D eigenvalue weighted by molar-refractivity contribution is 0.0299. The van der Waals surface area contributed by atoms with Gasteiger partial charge in [-0.3, -0.25) is 4.79 Å². The second-order valence-electron chi connectivity index (χ2n) is 8.41. The van der Waals surface area contributed by atoms with Crippen LogP contribution in [0.25, 0.3) is 11.5 Å². The van der Waals surface area contributed by atoms with Crippen LogP contribution in [0.4, 0.5) is 0 Å². The number of hydrogen-bond acceptors (Lipinski definition) is 5. The molecule has 0 radical (unpaired) electrons. The number of carbonyl (C=O) groups is 1. The van der Waals surface area contributed by atoms with Gasteiger partial charge in [0.25, 0.3) is 5.91 Å². The van der Waals surface area contributed by atoms with E-state index in [9.17, 15) is 4.79 Å². The first-order chi connectivity index (χ1) is 14.0. The summed E-state index contributed by atoms with van der Waals surface area (Å²) in [7, 11) is 2.20. The molecule has 1 aromatic heterocycles. The van der Waals surface area contributed by atoms with Crippen molar-refractivity contribution >= 4 is 5.91 Å². The number of likely N-dealkylation sites (tertiary alicyclic amines) is 1. The number of amides is 1. The maximum absolute atomic E-state index is 12.6. The van der Waals surface area contributed by atoms with Crippen molar-refractivity contribution in [2.24, 2.45) is 0 Å². The summed E-state index contributed by atoms with van der Waals surface area (Å²) in [6.07, 6.45) is 5.01. The van der Waals surface area contributed by atoms with Crippen LogP contribution in [-0.4, -0.2) is 67.1 Å². The van der Waals surface area contributed by atoms with Crippen LogP contribution in [0.1, 0.15) is 47.8 Å². The molecule has 29 heavy (non-hydrogen) atoms. The molecule has 2 aromatic rings. The zero-order valence-electron chi connectivity index (χ0n) is 17.7. The Kier molecular flexibility index (Phi) is 5.74. The van der Waals surface area contributed by atoms with E-state index in [1.807, 2.05) is 0 Å². The third-order valence-corrected chi connectivity index (χ3v) is 6.69. The number of oxazole rings is 1. The summed E-state index contributed by atoms with van der Waals surface area (Å²) in [5, 5.41) is 0. The second-order valence-corrected chi connectivity index (χ2v) is 8.41. The lowest BCUT2D eigenvalue weighted by atomic mass is 9.69. The van der Waals surface area contributed by atoms with E-state index < -0.39 is 0 Å². The predicted molar refractivity (Wildman–Crippen MR) is 112 cm³/mol. The summed E-state index contributed by atoms with van der Waals surface area (Å²) in [5.74, 6) is 0.415. The molecule has 2 aliphatic rings. The van der Waals surface area contributed by atoms with Gasteiger partial charge in [-0.05, 0) is 75.0 Å². The standard InChI is InChI=1S/C23H31N3O3/c1-4-23(7-9-25(3)10-8-23)19-6-5-18(15-17(19)2)21-24-20(16-29-21)22(27)26-11-13-28-14-12-26/h5-6,15-16H,4,7-14H2,1-3H3. The Morgan fingerprint density at radius 1 is 1.17 bits per heavy atom. The number of aryl methyl sites for hydroxylation is 1. The van der Waals surface area contributed by atoms with Gasteiger partial charge in [-0.25, -0.2) is 4.98 Å². The summed E-state index contributed by atoms with van der Waals surface area (Å²) in [4.78, 5) is 21.3. The van der Waals surface area contributed by atoms with E-state index in [1.54, 1.807) is 4.90 Å². The summed E-state index contributed by atoms with van der Waals surface area (Å²) >= 11 is 0. The first-order valence-electron chi connectivity index (χ1n) is 10.6. The molecular weight excluding hydrogens is 366 g/mol. The SMILES string of the molecule is CCC1(c2ccc(-c3nc(C(=O)N4CCOCC4)co3)cc2C)CCN(C)CC1. The molecule has 3 heterocycles. The minimum atomic E-state index is -0.0899. The highest BCUT2D eigenvalue weighted by atomic mass is 16.5. The van der Waals surface area contributed by atoms with Crippen LogP contribution in [0.5, 0.6) is 0 Å². The Bertz CT molecular complexity index is 862. The van der Waals surface area contributed by atoms with E-state index >= 15 is 0 Å². The molecule has 0 bridgehead atoms. The Morgan fingerprint density at radius 3 is 2.55 bits per heavy atom. The van der Waals surface area contributed by atoms with Crippen LogP contribution < -0.4 is 0 Å². The Labute approximate surface area is 172 Å². The quantitative estimate of drug-likeness (QED) is 0.790. The lowest BCUT2D eigenvalue weighted by Gasteiger charge is -2.41. The molecule has 2 aliphatic heterocycles. The maximum Gasteiger partial charge on any atom is 0.275 e. The molecule has 6 heteroatoms. The summed E-state index contributed by atoms with van der Waals surface area (Å²) in [6, 6.07) is 6.49. The van der Waals surface area contributed by atoms with Crippen LogP contribution in [0.2, 0.25) is 0 Å². The summed E-state index contributed by atoms with van der Waals surface area (Å²) in [5.41, 5.74) is 4.25. The molecule has 156 valence electrons. The van der Waals surface area contributed by atoms with Gasteiger partial charge in [0.1, 0.15) is 6.26 Å². The average Bonchev–Trinajstić information content (AvgIpc) is 3.25. The molecule has 1 aromatic carbocycles. The number of aromatic nitrogens is 1. The van der Waals surface area contributed by atoms with Crippen LogP contribution in [0.3, 0.4) is 0 Å². The summed E-state index contributed by atoms with van der Waals surface area (Å²) in [6.45, 7) is 9.11. The molecule has 0 unspecified atom stereocenters. The molecule has 0 saturated carbocycles. The molecule has 0 aliphatic carbocycles. The van der Waals surface area contributed by atoms with Gasteiger partial charge in [-0.2, -0.15) is 0 Å². The van der Waals surface area contributed by atoms with E-state index in [1.165, 1.54) is 30.2 Å². The maximum atomic E-state index is 12.6. The van der Waals surface area contributed by atoms with Gasteiger partial charge in [0.2, 0.25) is 5.89 Å². The first kappa shape index (κ1) is 20.1. The Morgan fingerprint density at radius 2 is 1.90 bits per heavy atom. The molecular formula is C23H31N3O3.